The van der Waals surface area contributed by atoms with Crippen molar-refractivity contribution in [2.24, 2.45) is 0 Å². The van der Waals surface area contributed by atoms with Crippen molar-refractivity contribution >= 4 is 11.9 Å². The van der Waals surface area contributed by atoms with Crippen molar-refractivity contribution in [3.05, 3.63) is 0 Å². The first-order valence-electron chi connectivity index (χ1n) is 9.02. The van der Waals surface area contributed by atoms with E-state index in [0.717, 1.165) is 64.2 Å². The van der Waals surface area contributed by atoms with Gasteiger partial charge in [0.25, 0.3) is 0 Å². The molecule has 0 aliphatic heterocycles. The molecular weight excluding hydrogens is 303 g/mol. The van der Waals surface area contributed by atoms with Gasteiger partial charge in [-0.25, -0.2) is 0 Å². The third-order valence-electron chi connectivity index (χ3n) is 3.53. The summed E-state index contributed by atoms with van der Waals surface area (Å²) in [7, 11) is 0. The Balaban J connectivity index is -0.00000220. The Morgan fingerprint density at radius 1 is 0.652 bits per heavy atom. The molecule has 23 heavy (non-hydrogen) atoms. The molecule has 0 aromatic heterocycles. The Bertz CT molecular complexity index is 260. The molecule has 0 N–H and O–H groups in total. The molecule has 0 saturated carbocycles. The third kappa shape index (κ3) is 19.9. The molecule has 0 spiro atoms. The van der Waals surface area contributed by atoms with Crippen LogP contribution >= 0.6 is 0 Å². The van der Waals surface area contributed by atoms with Gasteiger partial charge in [-0.05, 0) is 25.7 Å². The molecule has 0 amide bonds. The number of hydrogen-bond acceptors (Lipinski definition) is 4. The van der Waals surface area contributed by atoms with Gasteiger partial charge in [-0.15, -0.1) is 0 Å². The maximum atomic E-state index is 11.4. The molecule has 0 aliphatic rings. The minimum absolute atomic E-state index is 0. The molecule has 4 nitrogen and oxygen atoms in total. The summed E-state index contributed by atoms with van der Waals surface area (Å²) in [5.74, 6) is -0.133. The van der Waals surface area contributed by atoms with E-state index in [1.807, 2.05) is 0 Å². The molecule has 0 bridgehead atoms. The Kier molecular flexibility index (Phi) is 21.9. The topological polar surface area (TPSA) is 52.6 Å². The van der Waals surface area contributed by atoms with E-state index in [-0.39, 0.29) is 42.9 Å². The smallest absolute Gasteiger partial charge is 1.00 e. The predicted molar refractivity (Wildman–Crippen MR) is 89.8 cm³/mol. The number of esters is 2. The standard InChI is InChI=1S/C18H34O4.Na.H/c1-3-5-15-21-17(19)13-11-9-7-8-10-12-14-18(20)22-16-6-4-2;;/h3-16H2,1-2H3;;/q;+1;-1. The molecule has 132 valence electrons. The van der Waals surface area contributed by atoms with Crippen LogP contribution in [0.4, 0.5) is 0 Å². The second-order valence-corrected chi connectivity index (χ2v) is 5.77. The van der Waals surface area contributed by atoms with Gasteiger partial charge in [-0.3, -0.25) is 9.59 Å². The van der Waals surface area contributed by atoms with Gasteiger partial charge in [-0.2, -0.15) is 0 Å². The molecule has 0 saturated heterocycles. The zero-order valence-electron chi connectivity index (χ0n) is 16.5. The van der Waals surface area contributed by atoms with Gasteiger partial charge < -0.3 is 10.9 Å². The normalized spacial score (nSPS) is 10.0. The minimum Gasteiger partial charge on any atom is -1.00 e. The summed E-state index contributed by atoms with van der Waals surface area (Å²) in [6.07, 6.45) is 11.3. The molecule has 0 atom stereocenters. The maximum Gasteiger partial charge on any atom is 1.00 e. The van der Waals surface area contributed by atoms with Gasteiger partial charge in [0.2, 0.25) is 0 Å². The number of ether oxygens (including phenoxy) is 2. The number of carbonyl (C=O) groups is 2. The first-order valence-corrected chi connectivity index (χ1v) is 9.02. The van der Waals surface area contributed by atoms with E-state index in [1.165, 1.54) is 0 Å². The van der Waals surface area contributed by atoms with Crippen LogP contribution in [0.15, 0.2) is 0 Å². The maximum absolute atomic E-state index is 11.4. The third-order valence-corrected chi connectivity index (χ3v) is 3.53. The van der Waals surface area contributed by atoms with E-state index >= 15 is 0 Å². The zero-order valence-corrected chi connectivity index (χ0v) is 17.5. The van der Waals surface area contributed by atoms with Crippen LogP contribution in [0.1, 0.15) is 92.3 Å². The van der Waals surface area contributed by atoms with Crippen LogP contribution < -0.4 is 29.6 Å². The minimum atomic E-state index is -0.0664. The fourth-order valence-corrected chi connectivity index (χ4v) is 2.05. The molecule has 0 rings (SSSR count). The van der Waals surface area contributed by atoms with Crippen LogP contribution in [-0.4, -0.2) is 25.2 Å². The monoisotopic (exact) mass is 338 g/mol. The van der Waals surface area contributed by atoms with Crippen molar-refractivity contribution in [3.63, 3.8) is 0 Å². The van der Waals surface area contributed by atoms with Crippen molar-refractivity contribution in [2.75, 3.05) is 13.2 Å². The summed E-state index contributed by atoms with van der Waals surface area (Å²) >= 11 is 0. The largest absolute Gasteiger partial charge is 1.00 e. The van der Waals surface area contributed by atoms with Gasteiger partial charge in [0, 0.05) is 12.8 Å². The molecule has 0 fully saturated rings. The van der Waals surface area contributed by atoms with Crippen LogP contribution in [0.25, 0.3) is 0 Å². The number of carbonyl (C=O) groups excluding carboxylic acids is 2. The van der Waals surface area contributed by atoms with E-state index in [0.29, 0.717) is 26.1 Å². The van der Waals surface area contributed by atoms with Crippen molar-refractivity contribution in [1.82, 2.24) is 0 Å². The Morgan fingerprint density at radius 3 is 1.35 bits per heavy atom. The number of rotatable bonds is 15. The predicted octanol–water partition coefficient (Wildman–Crippen LogP) is 1.91. The molecular formula is C18H35NaO4. The Morgan fingerprint density at radius 2 is 1.00 bits per heavy atom. The molecule has 0 heterocycles. The van der Waals surface area contributed by atoms with E-state index in [4.69, 9.17) is 9.47 Å². The quantitative estimate of drug-likeness (QED) is 0.260. The molecule has 5 heteroatoms. The van der Waals surface area contributed by atoms with Crippen LogP contribution in [0.2, 0.25) is 0 Å². The zero-order chi connectivity index (χ0) is 16.5. The number of hydrogen-bond donors (Lipinski definition) is 0. The van der Waals surface area contributed by atoms with Crippen LogP contribution in [0.3, 0.4) is 0 Å². The van der Waals surface area contributed by atoms with E-state index in [1.54, 1.807) is 0 Å². The van der Waals surface area contributed by atoms with E-state index in [9.17, 15) is 9.59 Å². The van der Waals surface area contributed by atoms with E-state index in [2.05, 4.69) is 13.8 Å². The summed E-state index contributed by atoms with van der Waals surface area (Å²) in [6, 6.07) is 0. The summed E-state index contributed by atoms with van der Waals surface area (Å²) < 4.78 is 10.2. The van der Waals surface area contributed by atoms with Gasteiger partial charge >= 0.3 is 41.5 Å². The fourth-order valence-electron chi connectivity index (χ4n) is 2.05. The molecule has 0 aromatic rings. The van der Waals surface area contributed by atoms with Crippen LogP contribution in [0.5, 0.6) is 0 Å². The van der Waals surface area contributed by atoms with Gasteiger partial charge in [-0.1, -0.05) is 52.4 Å². The number of unbranched alkanes of at least 4 members (excludes halogenated alkanes) is 7. The van der Waals surface area contributed by atoms with Gasteiger partial charge in [0.05, 0.1) is 13.2 Å². The SMILES string of the molecule is CCCCOC(=O)CCCCCCCCC(=O)OCCCC.[H-].[Na+]. The van der Waals surface area contributed by atoms with Crippen LogP contribution in [0, 0.1) is 0 Å². The average Bonchev–Trinajstić information content (AvgIpc) is 2.50. The van der Waals surface area contributed by atoms with Crippen LogP contribution in [-0.2, 0) is 19.1 Å². The average molecular weight is 338 g/mol. The Labute approximate surface area is 165 Å². The Hall–Kier alpha value is -0.0600. The summed E-state index contributed by atoms with van der Waals surface area (Å²) in [6.45, 7) is 5.28. The van der Waals surface area contributed by atoms with Gasteiger partial charge in [0.15, 0.2) is 0 Å². The van der Waals surface area contributed by atoms with Gasteiger partial charge in [0.1, 0.15) is 0 Å². The summed E-state index contributed by atoms with van der Waals surface area (Å²) in [5, 5.41) is 0. The summed E-state index contributed by atoms with van der Waals surface area (Å²) in [4.78, 5) is 22.7. The fraction of sp³-hybridized carbons (Fsp3) is 0.889. The molecule has 0 aromatic carbocycles. The second-order valence-electron chi connectivity index (χ2n) is 5.77. The first-order chi connectivity index (χ1) is 10.7. The van der Waals surface area contributed by atoms with Crippen molar-refractivity contribution in [2.45, 2.75) is 90.9 Å². The summed E-state index contributed by atoms with van der Waals surface area (Å²) in [5.41, 5.74) is 0. The second kappa shape index (κ2) is 20.0. The first kappa shape index (κ1) is 25.2. The van der Waals surface area contributed by atoms with E-state index < -0.39 is 0 Å². The van der Waals surface area contributed by atoms with Crippen molar-refractivity contribution < 1.29 is 50.0 Å². The van der Waals surface area contributed by atoms with Crippen molar-refractivity contribution in [3.8, 4) is 0 Å². The van der Waals surface area contributed by atoms with Crippen molar-refractivity contribution in [1.29, 1.82) is 0 Å². The molecule has 0 unspecified atom stereocenters. The molecule has 0 radical (unpaired) electrons. The molecule has 0 aliphatic carbocycles.